The van der Waals surface area contributed by atoms with Crippen LogP contribution < -0.4 is 5.09 Å². The molecule has 1 rings (SSSR count). The van der Waals surface area contributed by atoms with Crippen molar-refractivity contribution in [1.82, 2.24) is 5.09 Å². The first-order chi connectivity index (χ1) is 2.89. The van der Waals surface area contributed by atoms with Crippen LogP contribution in [0.1, 0.15) is 0 Å². The van der Waals surface area contributed by atoms with Crippen LogP contribution in [-0.2, 0) is 11.8 Å². The Hall–Kier alpha value is -0.140. The Morgan fingerprint density at radius 2 is 2.67 bits per heavy atom. The summed E-state index contributed by atoms with van der Waals surface area (Å²) >= 11 is 4.73. The van der Waals surface area contributed by atoms with Gasteiger partial charge in [-0.1, -0.05) is 0 Å². The highest BCUT2D eigenvalue weighted by Gasteiger charge is 1.78. The predicted octanol–water partition coefficient (Wildman–Crippen LogP) is 1.10. The SMILES string of the molecule is S=P1=NC=CN1. The Balaban J connectivity index is 2.88. The number of nitrogens with one attached hydrogen (secondary N) is 1. The molecule has 0 aromatic heterocycles. The Labute approximate surface area is 41.5 Å². The summed E-state index contributed by atoms with van der Waals surface area (Å²) in [6, 6.07) is 0. The van der Waals surface area contributed by atoms with E-state index in [0.717, 1.165) is 0 Å². The minimum Gasteiger partial charge on any atom is -0.325 e. The topological polar surface area (TPSA) is 24.4 Å². The number of rotatable bonds is 0. The standard InChI is InChI=1S/C2H3N2PS/c6-5-3-1-2-4-5/h1-2H,(H,3,4). The molecule has 1 N–H and O–H groups in total. The molecule has 4 heteroatoms. The lowest BCUT2D eigenvalue weighted by Gasteiger charge is -1.71. The van der Waals surface area contributed by atoms with Crippen molar-refractivity contribution in [2.75, 3.05) is 0 Å². The molecule has 0 fully saturated rings. The predicted molar refractivity (Wildman–Crippen MR) is 29.0 cm³/mol. The molecule has 1 aliphatic heterocycles. The monoisotopic (exact) mass is 118 g/mol. The van der Waals surface area contributed by atoms with Gasteiger partial charge in [0.2, 0.25) is 0 Å². The average Bonchev–Trinajstić information content (AvgIpc) is 1.86. The van der Waals surface area contributed by atoms with Crippen LogP contribution >= 0.6 is 6.64 Å². The van der Waals surface area contributed by atoms with E-state index in [4.69, 9.17) is 11.8 Å². The summed E-state index contributed by atoms with van der Waals surface area (Å²) in [5.41, 5.74) is 0. The molecular formula is C2H3N2PS. The first kappa shape index (κ1) is 4.03. The van der Waals surface area contributed by atoms with Crippen LogP contribution in [0.3, 0.4) is 0 Å². The van der Waals surface area contributed by atoms with Crippen molar-refractivity contribution < 1.29 is 0 Å². The van der Waals surface area contributed by atoms with Gasteiger partial charge in [-0.05, 0) is 11.8 Å². The summed E-state index contributed by atoms with van der Waals surface area (Å²) < 4.78 is 3.82. The minimum atomic E-state index is -0.618. The lowest BCUT2D eigenvalue weighted by Crippen LogP contribution is -1.75. The maximum Gasteiger partial charge on any atom is 0.140 e. The van der Waals surface area contributed by atoms with Gasteiger partial charge in [-0.25, -0.2) is 4.74 Å². The lowest BCUT2D eigenvalue weighted by molar-refractivity contribution is 1.44. The first-order valence-corrected chi connectivity index (χ1v) is 3.79. The Kier molecular flexibility index (Phi) is 1.03. The maximum absolute atomic E-state index is 4.73. The van der Waals surface area contributed by atoms with Crippen LogP contribution in [0.5, 0.6) is 0 Å². The van der Waals surface area contributed by atoms with Gasteiger partial charge in [0, 0.05) is 6.20 Å². The minimum absolute atomic E-state index is 0.618. The summed E-state index contributed by atoms with van der Waals surface area (Å²) in [5, 5.41) is 2.85. The molecule has 6 heavy (non-hydrogen) atoms. The van der Waals surface area contributed by atoms with Gasteiger partial charge >= 0.3 is 0 Å². The zero-order valence-corrected chi connectivity index (χ0v) is 4.67. The fourth-order valence-corrected chi connectivity index (χ4v) is 1.02. The zero-order chi connectivity index (χ0) is 4.41. The van der Waals surface area contributed by atoms with Crippen LogP contribution in [0.4, 0.5) is 0 Å². The second-order valence-corrected chi connectivity index (χ2v) is 2.91. The average molecular weight is 118 g/mol. The molecule has 2 nitrogen and oxygen atoms in total. The largest absolute Gasteiger partial charge is 0.325 e. The van der Waals surface area contributed by atoms with Crippen molar-refractivity contribution in [2.45, 2.75) is 0 Å². The summed E-state index contributed by atoms with van der Waals surface area (Å²) in [6.45, 7) is -0.618. The van der Waals surface area contributed by atoms with Crippen LogP contribution in [-0.4, -0.2) is 0 Å². The molecule has 0 saturated carbocycles. The van der Waals surface area contributed by atoms with Gasteiger partial charge in [-0.2, -0.15) is 0 Å². The highest BCUT2D eigenvalue weighted by Crippen LogP contribution is 2.08. The van der Waals surface area contributed by atoms with Crippen LogP contribution in [0, 0.1) is 0 Å². The van der Waals surface area contributed by atoms with Gasteiger partial charge in [0.25, 0.3) is 0 Å². The lowest BCUT2D eigenvalue weighted by atomic mass is 11.0. The van der Waals surface area contributed by atoms with E-state index < -0.39 is 6.64 Å². The Morgan fingerprint density at radius 1 is 1.83 bits per heavy atom. The van der Waals surface area contributed by atoms with Crippen molar-refractivity contribution in [3.05, 3.63) is 12.4 Å². The number of hydrogen-bond donors (Lipinski definition) is 1. The van der Waals surface area contributed by atoms with Gasteiger partial charge in [-0.3, -0.25) is 0 Å². The van der Waals surface area contributed by atoms with Gasteiger partial charge in [-0.15, -0.1) is 0 Å². The fraction of sp³-hybridized carbons (Fsp3) is 0. The van der Waals surface area contributed by atoms with Crippen molar-refractivity contribution in [2.24, 2.45) is 4.74 Å². The van der Waals surface area contributed by atoms with E-state index in [0.29, 0.717) is 0 Å². The normalized spacial score (nSPS) is 23.0. The summed E-state index contributed by atoms with van der Waals surface area (Å²) in [7, 11) is 0. The molecule has 0 radical (unpaired) electrons. The van der Waals surface area contributed by atoms with Crippen LogP contribution in [0.15, 0.2) is 17.1 Å². The van der Waals surface area contributed by atoms with Gasteiger partial charge < -0.3 is 5.09 Å². The fourth-order valence-electron chi connectivity index (χ4n) is 0.224. The third-order valence-corrected chi connectivity index (χ3v) is 1.74. The van der Waals surface area contributed by atoms with Crippen molar-refractivity contribution in [1.29, 1.82) is 0 Å². The Bertz CT molecular complexity index is 144. The first-order valence-electron chi connectivity index (χ1n) is 1.49. The van der Waals surface area contributed by atoms with Gasteiger partial charge in [0.05, 0.1) is 6.20 Å². The smallest absolute Gasteiger partial charge is 0.140 e. The third-order valence-electron chi connectivity index (χ3n) is 0.431. The van der Waals surface area contributed by atoms with E-state index >= 15 is 0 Å². The van der Waals surface area contributed by atoms with E-state index in [-0.39, 0.29) is 0 Å². The molecule has 0 bridgehead atoms. The molecule has 0 aromatic carbocycles. The molecule has 1 unspecified atom stereocenters. The summed E-state index contributed by atoms with van der Waals surface area (Å²) in [5.74, 6) is 0. The molecule has 0 saturated heterocycles. The second-order valence-electron chi connectivity index (χ2n) is 0.833. The van der Waals surface area contributed by atoms with Crippen LogP contribution in [0.2, 0.25) is 0 Å². The maximum atomic E-state index is 4.73. The van der Waals surface area contributed by atoms with E-state index in [2.05, 4.69) is 9.83 Å². The molecule has 1 atom stereocenters. The van der Waals surface area contributed by atoms with Crippen LogP contribution in [0.25, 0.3) is 0 Å². The molecule has 0 aliphatic carbocycles. The van der Waals surface area contributed by atoms with Gasteiger partial charge in [0.1, 0.15) is 6.64 Å². The molecular weight excluding hydrogens is 115 g/mol. The summed E-state index contributed by atoms with van der Waals surface area (Å²) in [4.78, 5) is 0. The second kappa shape index (κ2) is 1.54. The summed E-state index contributed by atoms with van der Waals surface area (Å²) in [6.07, 6.45) is 3.46. The molecule has 1 aliphatic rings. The highest BCUT2D eigenvalue weighted by atomic mass is 32.4. The highest BCUT2D eigenvalue weighted by molar-refractivity contribution is 7.99. The molecule has 1 heterocycles. The van der Waals surface area contributed by atoms with Crippen molar-refractivity contribution in [3.63, 3.8) is 0 Å². The van der Waals surface area contributed by atoms with Crippen molar-refractivity contribution in [3.8, 4) is 0 Å². The molecule has 0 spiro atoms. The zero-order valence-electron chi connectivity index (χ0n) is 2.96. The Morgan fingerprint density at radius 3 is 2.83 bits per heavy atom. The molecule has 0 amide bonds. The van der Waals surface area contributed by atoms with E-state index in [9.17, 15) is 0 Å². The van der Waals surface area contributed by atoms with E-state index in [1.807, 2.05) is 0 Å². The molecule has 0 aromatic rings. The quantitative estimate of drug-likeness (QED) is 0.482. The van der Waals surface area contributed by atoms with E-state index in [1.165, 1.54) is 0 Å². The number of hydrogen-bond acceptors (Lipinski definition) is 2. The van der Waals surface area contributed by atoms with E-state index in [1.54, 1.807) is 12.4 Å². The van der Waals surface area contributed by atoms with Gasteiger partial charge in [0.15, 0.2) is 0 Å². The van der Waals surface area contributed by atoms with Crippen molar-refractivity contribution >= 4 is 18.4 Å². The molecule has 32 valence electrons. The third kappa shape index (κ3) is 0.671. The number of nitrogens with zero attached hydrogens (tertiary/aromatic N) is 1.